The smallest absolute Gasteiger partial charge is 0.160 e. The minimum Gasteiger partial charge on any atom is -0.350 e. The van der Waals surface area contributed by atoms with Crippen molar-refractivity contribution in [2.24, 2.45) is 0 Å². The molecule has 3 rings (SSSR count). The Hall–Kier alpha value is -2.50. The summed E-state index contributed by atoms with van der Waals surface area (Å²) in [6, 6.07) is 3.82. The van der Waals surface area contributed by atoms with Gasteiger partial charge in [-0.15, -0.1) is 0 Å². The molecule has 0 spiro atoms. The van der Waals surface area contributed by atoms with E-state index in [0.717, 1.165) is 0 Å². The van der Waals surface area contributed by atoms with Gasteiger partial charge in [-0.2, -0.15) is 0 Å². The first-order chi connectivity index (χ1) is 9.25. The number of aromatic amines is 1. The van der Waals surface area contributed by atoms with E-state index in [1.54, 1.807) is 23.2 Å². The summed E-state index contributed by atoms with van der Waals surface area (Å²) in [6.45, 7) is 0.0701. The van der Waals surface area contributed by atoms with Gasteiger partial charge in [-0.1, -0.05) is 6.07 Å². The second-order valence-corrected chi connectivity index (χ2v) is 4.03. The number of hydrogen-bond acceptors (Lipinski definition) is 2. The number of nitrogens with one attached hydrogen (secondary N) is 1. The Morgan fingerprint density at radius 1 is 1.16 bits per heavy atom. The summed E-state index contributed by atoms with van der Waals surface area (Å²) >= 11 is 0. The number of halogens is 2. The van der Waals surface area contributed by atoms with Crippen LogP contribution in [0.2, 0.25) is 0 Å². The Kier molecular flexibility index (Phi) is 2.83. The first-order valence-electron chi connectivity index (χ1n) is 5.69. The first-order valence-corrected chi connectivity index (χ1v) is 5.69. The van der Waals surface area contributed by atoms with Gasteiger partial charge in [-0.25, -0.2) is 18.7 Å². The fourth-order valence-electron chi connectivity index (χ4n) is 1.91. The van der Waals surface area contributed by atoms with Gasteiger partial charge in [0, 0.05) is 24.2 Å². The van der Waals surface area contributed by atoms with E-state index >= 15 is 0 Å². The van der Waals surface area contributed by atoms with Crippen LogP contribution in [0.25, 0.3) is 11.5 Å². The molecule has 3 aromatic rings. The highest BCUT2D eigenvalue weighted by atomic mass is 19.1. The number of nitrogens with zero attached hydrogens (tertiary/aromatic N) is 3. The van der Waals surface area contributed by atoms with Crippen LogP contribution in [0.15, 0.2) is 43.1 Å². The van der Waals surface area contributed by atoms with Crippen LogP contribution >= 0.6 is 0 Å². The maximum absolute atomic E-state index is 13.6. The van der Waals surface area contributed by atoms with Crippen LogP contribution in [0, 0.1) is 11.6 Å². The van der Waals surface area contributed by atoms with Gasteiger partial charge in [0.15, 0.2) is 5.82 Å². The maximum atomic E-state index is 13.6. The van der Waals surface area contributed by atoms with Crippen LogP contribution in [0.4, 0.5) is 8.78 Å². The molecule has 0 atom stereocenters. The topological polar surface area (TPSA) is 46.5 Å². The standard InChI is InChI=1S/C13H10F2N4/c14-10-2-1-3-11(15)9(10)7-19-5-4-17-13(19)12-6-16-8-18-12/h1-6,8H,7H2,(H,16,18). The van der Waals surface area contributed by atoms with Gasteiger partial charge in [-0.05, 0) is 12.1 Å². The zero-order valence-corrected chi connectivity index (χ0v) is 9.85. The molecule has 0 aliphatic rings. The van der Waals surface area contributed by atoms with E-state index in [1.807, 2.05) is 0 Å². The highest BCUT2D eigenvalue weighted by Crippen LogP contribution is 2.18. The highest BCUT2D eigenvalue weighted by molar-refractivity contribution is 5.48. The monoisotopic (exact) mass is 260 g/mol. The van der Waals surface area contributed by atoms with Gasteiger partial charge in [0.1, 0.15) is 17.3 Å². The van der Waals surface area contributed by atoms with Gasteiger partial charge in [0.05, 0.1) is 12.9 Å². The Balaban J connectivity index is 1.99. The third-order valence-electron chi connectivity index (χ3n) is 2.83. The predicted octanol–water partition coefficient (Wildman–Crippen LogP) is 2.60. The number of H-pyrrole nitrogens is 1. The molecule has 0 aliphatic carbocycles. The third kappa shape index (κ3) is 2.12. The lowest BCUT2D eigenvalue weighted by atomic mass is 10.2. The Morgan fingerprint density at radius 3 is 2.63 bits per heavy atom. The summed E-state index contributed by atoms with van der Waals surface area (Å²) in [5.74, 6) is -0.577. The van der Waals surface area contributed by atoms with Crippen molar-refractivity contribution in [3.63, 3.8) is 0 Å². The summed E-state index contributed by atoms with van der Waals surface area (Å²) in [5, 5.41) is 0. The second-order valence-electron chi connectivity index (χ2n) is 4.03. The zero-order chi connectivity index (χ0) is 13.2. The summed E-state index contributed by atoms with van der Waals surface area (Å²) in [7, 11) is 0. The Bertz CT molecular complexity index is 668. The fraction of sp³-hybridized carbons (Fsp3) is 0.0769. The minimum atomic E-state index is -0.568. The van der Waals surface area contributed by atoms with E-state index < -0.39 is 11.6 Å². The van der Waals surface area contributed by atoms with E-state index in [9.17, 15) is 8.78 Å². The largest absolute Gasteiger partial charge is 0.350 e. The number of rotatable bonds is 3. The van der Waals surface area contributed by atoms with Crippen molar-refractivity contribution in [3.05, 3.63) is 60.3 Å². The molecular weight excluding hydrogens is 250 g/mol. The lowest BCUT2D eigenvalue weighted by Crippen LogP contribution is -2.05. The Morgan fingerprint density at radius 2 is 1.95 bits per heavy atom. The van der Waals surface area contributed by atoms with Crippen molar-refractivity contribution in [2.75, 3.05) is 0 Å². The molecule has 2 aromatic heterocycles. The molecule has 0 aliphatic heterocycles. The summed E-state index contributed by atoms with van der Waals surface area (Å²) in [6.07, 6.45) is 6.44. The van der Waals surface area contributed by atoms with Crippen LogP contribution < -0.4 is 0 Å². The molecule has 0 radical (unpaired) electrons. The van der Waals surface area contributed by atoms with Crippen molar-refractivity contribution in [3.8, 4) is 11.5 Å². The average molecular weight is 260 g/mol. The van der Waals surface area contributed by atoms with Gasteiger partial charge in [-0.3, -0.25) is 0 Å². The molecule has 96 valence electrons. The zero-order valence-electron chi connectivity index (χ0n) is 9.85. The molecule has 1 N–H and O–H groups in total. The number of hydrogen-bond donors (Lipinski definition) is 1. The molecule has 0 unspecified atom stereocenters. The van der Waals surface area contributed by atoms with Crippen molar-refractivity contribution < 1.29 is 8.78 Å². The van der Waals surface area contributed by atoms with E-state index in [4.69, 9.17) is 0 Å². The Labute approximate surface area is 107 Å². The number of imidazole rings is 2. The first kappa shape index (κ1) is 11.6. The van der Waals surface area contributed by atoms with Crippen molar-refractivity contribution in [2.45, 2.75) is 6.54 Å². The van der Waals surface area contributed by atoms with Gasteiger partial charge in [0.25, 0.3) is 0 Å². The van der Waals surface area contributed by atoms with Crippen LogP contribution in [0.3, 0.4) is 0 Å². The molecule has 0 fully saturated rings. The summed E-state index contributed by atoms with van der Waals surface area (Å²) in [4.78, 5) is 11.0. The van der Waals surface area contributed by atoms with Crippen molar-refractivity contribution in [1.82, 2.24) is 19.5 Å². The fourth-order valence-corrected chi connectivity index (χ4v) is 1.91. The van der Waals surface area contributed by atoms with E-state index in [-0.39, 0.29) is 12.1 Å². The summed E-state index contributed by atoms with van der Waals surface area (Å²) in [5.41, 5.74) is 0.638. The molecule has 19 heavy (non-hydrogen) atoms. The normalized spacial score (nSPS) is 10.8. The van der Waals surface area contributed by atoms with Crippen LogP contribution in [-0.4, -0.2) is 19.5 Å². The number of benzene rings is 1. The lowest BCUT2D eigenvalue weighted by Gasteiger charge is -2.08. The highest BCUT2D eigenvalue weighted by Gasteiger charge is 2.13. The predicted molar refractivity (Wildman–Crippen MR) is 65.3 cm³/mol. The van der Waals surface area contributed by atoms with E-state index in [2.05, 4.69) is 15.0 Å². The lowest BCUT2D eigenvalue weighted by molar-refractivity contribution is 0.545. The average Bonchev–Trinajstić information content (AvgIpc) is 3.04. The van der Waals surface area contributed by atoms with E-state index in [1.165, 1.54) is 24.5 Å². The molecule has 4 nitrogen and oxygen atoms in total. The molecule has 0 bridgehead atoms. The van der Waals surface area contributed by atoms with Gasteiger partial charge >= 0.3 is 0 Å². The van der Waals surface area contributed by atoms with Crippen LogP contribution in [0.5, 0.6) is 0 Å². The van der Waals surface area contributed by atoms with Crippen molar-refractivity contribution in [1.29, 1.82) is 0 Å². The molecule has 0 amide bonds. The van der Waals surface area contributed by atoms with Gasteiger partial charge < -0.3 is 9.55 Å². The third-order valence-corrected chi connectivity index (χ3v) is 2.83. The summed E-state index contributed by atoms with van der Waals surface area (Å²) < 4.78 is 28.9. The molecular formula is C13H10F2N4. The van der Waals surface area contributed by atoms with Crippen LogP contribution in [-0.2, 0) is 6.54 Å². The maximum Gasteiger partial charge on any atom is 0.160 e. The quantitative estimate of drug-likeness (QED) is 0.786. The van der Waals surface area contributed by atoms with E-state index in [0.29, 0.717) is 11.5 Å². The molecule has 6 heteroatoms. The molecule has 0 saturated carbocycles. The van der Waals surface area contributed by atoms with Crippen LogP contribution in [0.1, 0.15) is 5.56 Å². The molecule has 0 saturated heterocycles. The SMILES string of the molecule is Fc1cccc(F)c1Cn1ccnc1-c1c[nH]cn1. The van der Waals surface area contributed by atoms with Crippen molar-refractivity contribution >= 4 is 0 Å². The number of aromatic nitrogens is 4. The van der Waals surface area contributed by atoms with Gasteiger partial charge in [0.2, 0.25) is 0 Å². The minimum absolute atomic E-state index is 0.0114. The molecule has 2 heterocycles. The molecule has 1 aromatic carbocycles. The second kappa shape index (κ2) is 4.64.